The molecule has 0 saturated heterocycles. The standard InChI is InChI=1S/C15H20N2OS/c1-11-10-14(19-13(11)6-3-8-16)15(18)17-9-7-12-4-2-5-12/h10,12H,2,4-5,7-9,16H2,1H3,(H,17,18). The van der Waals surface area contributed by atoms with Gasteiger partial charge in [-0.2, -0.15) is 0 Å². The molecule has 19 heavy (non-hydrogen) atoms. The van der Waals surface area contributed by atoms with Crippen molar-refractivity contribution < 1.29 is 4.79 Å². The van der Waals surface area contributed by atoms with E-state index in [1.165, 1.54) is 30.6 Å². The predicted octanol–water partition coefficient (Wildman–Crippen LogP) is 2.29. The summed E-state index contributed by atoms with van der Waals surface area (Å²) in [7, 11) is 0. The van der Waals surface area contributed by atoms with Gasteiger partial charge in [0.15, 0.2) is 0 Å². The Morgan fingerprint density at radius 1 is 1.58 bits per heavy atom. The van der Waals surface area contributed by atoms with Crippen LogP contribution < -0.4 is 11.1 Å². The predicted molar refractivity (Wildman–Crippen MR) is 79.3 cm³/mol. The third-order valence-electron chi connectivity index (χ3n) is 3.51. The summed E-state index contributed by atoms with van der Waals surface area (Å²) >= 11 is 1.44. The molecular weight excluding hydrogens is 256 g/mol. The molecule has 1 heterocycles. The van der Waals surface area contributed by atoms with Crippen LogP contribution in [0.4, 0.5) is 0 Å². The van der Waals surface area contributed by atoms with Crippen molar-refractivity contribution in [2.24, 2.45) is 11.7 Å². The molecule has 2 rings (SSSR count). The zero-order valence-electron chi connectivity index (χ0n) is 11.3. The van der Waals surface area contributed by atoms with E-state index >= 15 is 0 Å². The zero-order valence-corrected chi connectivity index (χ0v) is 12.1. The monoisotopic (exact) mass is 276 g/mol. The van der Waals surface area contributed by atoms with Gasteiger partial charge < -0.3 is 11.1 Å². The third-order valence-corrected chi connectivity index (χ3v) is 4.66. The Kier molecular flexibility index (Phi) is 5.00. The highest BCUT2D eigenvalue weighted by Gasteiger charge is 2.17. The maximum absolute atomic E-state index is 12.0. The van der Waals surface area contributed by atoms with Crippen LogP contribution in [0.3, 0.4) is 0 Å². The third kappa shape index (κ3) is 3.82. The molecule has 0 bridgehead atoms. The van der Waals surface area contributed by atoms with Crippen LogP contribution in [-0.4, -0.2) is 19.0 Å². The van der Waals surface area contributed by atoms with Gasteiger partial charge in [0.25, 0.3) is 5.91 Å². The van der Waals surface area contributed by atoms with E-state index in [9.17, 15) is 4.79 Å². The molecule has 4 heteroatoms. The average Bonchev–Trinajstić information content (AvgIpc) is 2.71. The van der Waals surface area contributed by atoms with E-state index in [1.54, 1.807) is 0 Å². The molecule has 0 aromatic carbocycles. The SMILES string of the molecule is Cc1cc(C(=O)NCCC2CCC2)sc1C#CCN. The van der Waals surface area contributed by atoms with Gasteiger partial charge in [0.05, 0.1) is 16.3 Å². The summed E-state index contributed by atoms with van der Waals surface area (Å²) in [6.45, 7) is 3.10. The first-order chi connectivity index (χ1) is 9.20. The number of rotatable bonds is 4. The Balaban J connectivity index is 1.87. The summed E-state index contributed by atoms with van der Waals surface area (Å²) in [6.07, 6.45) is 5.11. The topological polar surface area (TPSA) is 55.1 Å². The fourth-order valence-electron chi connectivity index (χ4n) is 2.11. The smallest absolute Gasteiger partial charge is 0.261 e. The van der Waals surface area contributed by atoms with E-state index in [2.05, 4.69) is 17.2 Å². The van der Waals surface area contributed by atoms with Crippen molar-refractivity contribution in [3.8, 4) is 11.8 Å². The Morgan fingerprint density at radius 2 is 2.37 bits per heavy atom. The average molecular weight is 276 g/mol. The first-order valence-corrected chi connectivity index (χ1v) is 7.60. The number of carbonyl (C=O) groups excluding carboxylic acids is 1. The molecule has 0 radical (unpaired) electrons. The lowest BCUT2D eigenvalue weighted by molar-refractivity contribution is 0.0953. The number of nitrogens with two attached hydrogens (primary N) is 1. The van der Waals surface area contributed by atoms with Gasteiger partial charge in [-0.1, -0.05) is 31.1 Å². The fraction of sp³-hybridized carbons (Fsp3) is 0.533. The van der Waals surface area contributed by atoms with Crippen LogP contribution in [-0.2, 0) is 0 Å². The maximum atomic E-state index is 12.0. The fourth-order valence-corrected chi connectivity index (χ4v) is 3.07. The lowest BCUT2D eigenvalue weighted by Crippen LogP contribution is -2.26. The highest BCUT2D eigenvalue weighted by Crippen LogP contribution is 2.28. The van der Waals surface area contributed by atoms with Crippen LogP contribution >= 0.6 is 11.3 Å². The Bertz CT molecular complexity index is 506. The molecule has 0 atom stereocenters. The summed E-state index contributed by atoms with van der Waals surface area (Å²) in [6, 6.07) is 1.91. The maximum Gasteiger partial charge on any atom is 0.261 e. The molecule has 1 saturated carbocycles. The number of thiophene rings is 1. The normalized spacial score (nSPS) is 14.4. The molecule has 3 N–H and O–H groups in total. The molecule has 1 aliphatic carbocycles. The van der Waals surface area contributed by atoms with Crippen molar-refractivity contribution in [1.82, 2.24) is 5.32 Å². The Labute approximate surface area is 118 Å². The summed E-state index contributed by atoms with van der Waals surface area (Å²) in [5.41, 5.74) is 6.41. The van der Waals surface area contributed by atoms with Crippen molar-refractivity contribution in [2.45, 2.75) is 32.6 Å². The van der Waals surface area contributed by atoms with Crippen LogP contribution in [0.1, 0.15) is 45.8 Å². The number of nitrogens with one attached hydrogen (secondary N) is 1. The van der Waals surface area contributed by atoms with E-state index in [1.807, 2.05) is 13.0 Å². The molecule has 3 nitrogen and oxygen atoms in total. The largest absolute Gasteiger partial charge is 0.351 e. The quantitative estimate of drug-likeness (QED) is 0.829. The van der Waals surface area contributed by atoms with Crippen molar-refractivity contribution in [3.05, 3.63) is 21.4 Å². The zero-order chi connectivity index (χ0) is 13.7. The van der Waals surface area contributed by atoms with Crippen LogP contribution in [0.25, 0.3) is 0 Å². The minimum Gasteiger partial charge on any atom is -0.351 e. The summed E-state index contributed by atoms with van der Waals surface area (Å²) in [5, 5.41) is 2.99. The second-order valence-corrected chi connectivity index (χ2v) is 6.02. The lowest BCUT2D eigenvalue weighted by atomic mass is 9.83. The molecule has 1 aliphatic rings. The number of hydrogen-bond acceptors (Lipinski definition) is 3. The molecule has 0 unspecified atom stereocenters. The van der Waals surface area contributed by atoms with Gasteiger partial charge in [-0.05, 0) is 30.9 Å². The minimum atomic E-state index is 0.0215. The second-order valence-electron chi connectivity index (χ2n) is 4.97. The summed E-state index contributed by atoms with van der Waals surface area (Å²) in [5.74, 6) is 6.68. The number of aryl methyl sites for hydroxylation is 1. The van der Waals surface area contributed by atoms with Crippen molar-refractivity contribution in [2.75, 3.05) is 13.1 Å². The summed E-state index contributed by atoms with van der Waals surface area (Å²) in [4.78, 5) is 13.7. The molecule has 1 aromatic heterocycles. The molecule has 1 amide bonds. The Morgan fingerprint density at radius 3 is 3.00 bits per heavy atom. The van der Waals surface area contributed by atoms with Crippen LogP contribution in [0.2, 0.25) is 0 Å². The van der Waals surface area contributed by atoms with E-state index in [-0.39, 0.29) is 5.91 Å². The van der Waals surface area contributed by atoms with Crippen LogP contribution in [0, 0.1) is 24.7 Å². The molecule has 0 aliphatic heterocycles. The number of amides is 1. The molecule has 1 aromatic rings. The van der Waals surface area contributed by atoms with Gasteiger partial charge in [-0.25, -0.2) is 0 Å². The number of carbonyl (C=O) groups is 1. The Hall–Kier alpha value is -1.31. The van der Waals surface area contributed by atoms with Gasteiger partial charge in [0, 0.05) is 6.54 Å². The highest BCUT2D eigenvalue weighted by atomic mass is 32.1. The van der Waals surface area contributed by atoms with Gasteiger partial charge in [-0.15, -0.1) is 11.3 Å². The first kappa shape index (κ1) is 14.1. The molecule has 0 spiro atoms. The van der Waals surface area contributed by atoms with E-state index in [0.29, 0.717) is 6.54 Å². The van der Waals surface area contributed by atoms with Crippen molar-refractivity contribution in [3.63, 3.8) is 0 Å². The van der Waals surface area contributed by atoms with E-state index < -0.39 is 0 Å². The first-order valence-electron chi connectivity index (χ1n) is 6.78. The van der Waals surface area contributed by atoms with Crippen LogP contribution in [0.5, 0.6) is 0 Å². The molecule has 102 valence electrons. The summed E-state index contributed by atoms with van der Waals surface area (Å²) < 4.78 is 0. The van der Waals surface area contributed by atoms with E-state index in [4.69, 9.17) is 5.73 Å². The lowest BCUT2D eigenvalue weighted by Gasteiger charge is -2.25. The van der Waals surface area contributed by atoms with Crippen molar-refractivity contribution in [1.29, 1.82) is 0 Å². The molecule has 1 fully saturated rings. The molecular formula is C15H20N2OS. The van der Waals surface area contributed by atoms with Crippen LogP contribution in [0.15, 0.2) is 6.07 Å². The van der Waals surface area contributed by atoms with Gasteiger partial charge in [0.2, 0.25) is 0 Å². The minimum absolute atomic E-state index is 0.0215. The van der Waals surface area contributed by atoms with Gasteiger partial charge >= 0.3 is 0 Å². The van der Waals surface area contributed by atoms with Gasteiger partial charge in [0.1, 0.15) is 0 Å². The van der Waals surface area contributed by atoms with Gasteiger partial charge in [-0.3, -0.25) is 4.79 Å². The second kappa shape index (κ2) is 6.74. The van der Waals surface area contributed by atoms with E-state index in [0.717, 1.165) is 34.2 Å². The number of hydrogen-bond donors (Lipinski definition) is 2. The highest BCUT2D eigenvalue weighted by molar-refractivity contribution is 7.14. The van der Waals surface area contributed by atoms with Crippen molar-refractivity contribution >= 4 is 17.2 Å².